The lowest BCUT2D eigenvalue weighted by Gasteiger charge is -2.42. The van der Waals surface area contributed by atoms with Gasteiger partial charge in [0.25, 0.3) is 0 Å². The number of piperidine rings is 1. The predicted octanol–water partition coefficient (Wildman–Crippen LogP) is 1.94. The molecule has 1 unspecified atom stereocenters. The van der Waals surface area contributed by atoms with Crippen molar-refractivity contribution in [2.24, 2.45) is 5.92 Å². The van der Waals surface area contributed by atoms with Crippen LogP contribution in [-0.2, 0) is 9.53 Å². The maximum atomic E-state index is 12.4. The van der Waals surface area contributed by atoms with Crippen LogP contribution in [0.2, 0.25) is 0 Å². The number of hydrogen-bond donors (Lipinski definition) is 1. The van der Waals surface area contributed by atoms with Gasteiger partial charge in [-0.1, -0.05) is 0 Å². The molecule has 1 amide bonds. The number of likely N-dealkylation sites (tertiary alicyclic amines) is 1. The molecule has 0 radical (unpaired) electrons. The summed E-state index contributed by atoms with van der Waals surface area (Å²) in [5, 5.41) is 3.61. The molecule has 0 aromatic carbocycles. The molecule has 2 aliphatic heterocycles. The lowest BCUT2D eigenvalue weighted by molar-refractivity contribution is -0.145. The van der Waals surface area contributed by atoms with E-state index >= 15 is 0 Å². The van der Waals surface area contributed by atoms with Gasteiger partial charge in [0.2, 0.25) is 5.91 Å². The molecular weight excluding hydrogens is 252 g/mol. The van der Waals surface area contributed by atoms with Crippen molar-refractivity contribution in [3.8, 4) is 0 Å². The fourth-order valence-electron chi connectivity index (χ4n) is 4.08. The molecule has 0 spiro atoms. The SMILES string of the molecule is COC1(CC(=O)N2CCC(C3CCCN3)CC2)CCC1. The van der Waals surface area contributed by atoms with Crippen LogP contribution in [0.5, 0.6) is 0 Å². The van der Waals surface area contributed by atoms with Gasteiger partial charge in [0.15, 0.2) is 0 Å². The van der Waals surface area contributed by atoms with E-state index in [0.29, 0.717) is 18.4 Å². The first kappa shape index (κ1) is 14.3. The molecule has 0 aromatic rings. The number of methoxy groups -OCH3 is 1. The summed E-state index contributed by atoms with van der Waals surface area (Å²) in [5.41, 5.74) is -0.124. The van der Waals surface area contributed by atoms with Gasteiger partial charge in [-0.15, -0.1) is 0 Å². The summed E-state index contributed by atoms with van der Waals surface area (Å²) in [5.74, 6) is 1.09. The largest absolute Gasteiger partial charge is 0.378 e. The number of carbonyl (C=O) groups excluding carboxylic acids is 1. The van der Waals surface area contributed by atoms with Gasteiger partial charge in [-0.2, -0.15) is 0 Å². The predicted molar refractivity (Wildman–Crippen MR) is 78.5 cm³/mol. The number of rotatable bonds is 4. The van der Waals surface area contributed by atoms with Gasteiger partial charge in [-0.05, 0) is 57.4 Å². The van der Waals surface area contributed by atoms with Gasteiger partial charge in [-0.3, -0.25) is 4.79 Å². The summed E-state index contributed by atoms with van der Waals surface area (Å²) < 4.78 is 5.58. The van der Waals surface area contributed by atoms with Crippen LogP contribution in [-0.4, -0.2) is 49.2 Å². The summed E-state index contributed by atoms with van der Waals surface area (Å²) in [4.78, 5) is 14.5. The Balaban J connectivity index is 1.46. The molecule has 4 nitrogen and oxygen atoms in total. The third-order valence-electron chi connectivity index (χ3n) is 5.73. The fourth-order valence-corrected chi connectivity index (χ4v) is 4.08. The van der Waals surface area contributed by atoms with Crippen LogP contribution >= 0.6 is 0 Å². The Bertz CT molecular complexity index is 335. The number of hydrogen-bond acceptors (Lipinski definition) is 3. The Labute approximate surface area is 122 Å². The molecular formula is C16H28N2O2. The van der Waals surface area contributed by atoms with Crippen LogP contribution in [0.4, 0.5) is 0 Å². The van der Waals surface area contributed by atoms with Crippen molar-refractivity contribution < 1.29 is 9.53 Å². The Kier molecular flexibility index (Phi) is 4.32. The van der Waals surface area contributed by atoms with Crippen molar-refractivity contribution in [1.82, 2.24) is 10.2 Å². The summed E-state index contributed by atoms with van der Waals surface area (Å²) in [6, 6.07) is 0.712. The fraction of sp³-hybridized carbons (Fsp3) is 0.938. The normalized spacial score (nSPS) is 30.2. The van der Waals surface area contributed by atoms with Crippen molar-refractivity contribution in [1.29, 1.82) is 0 Å². The van der Waals surface area contributed by atoms with Gasteiger partial charge in [0.05, 0.1) is 12.0 Å². The van der Waals surface area contributed by atoms with Gasteiger partial charge in [-0.25, -0.2) is 0 Å². The zero-order chi connectivity index (χ0) is 14.0. The molecule has 1 N–H and O–H groups in total. The number of nitrogens with zero attached hydrogens (tertiary/aromatic N) is 1. The van der Waals surface area contributed by atoms with Crippen LogP contribution in [0.1, 0.15) is 51.4 Å². The van der Waals surface area contributed by atoms with E-state index in [9.17, 15) is 4.79 Å². The van der Waals surface area contributed by atoms with E-state index in [1.54, 1.807) is 7.11 Å². The molecule has 2 saturated heterocycles. The minimum atomic E-state index is -0.124. The first-order valence-corrected chi connectivity index (χ1v) is 8.29. The minimum Gasteiger partial charge on any atom is -0.378 e. The number of ether oxygens (including phenoxy) is 1. The molecule has 0 bridgehead atoms. The second-order valence-corrected chi connectivity index (χ2v) is 6.84. The van der Waals surface area contributed by atoms with E-state index in [1.165, 1.54) is 38.6 Å². The quantitative estimate of drug-likeness (QED) is 0.855. The average Bonchev–Trinajstić information content (AvgIpc) is 2.97. The van der Waals surface area contributed by atoms with Crippen molar-refractivity contribution in [2.75, 3.05) is 26.7 Å². The van der Waals surface area contributed by atoms with E-state index in [-0.39, 0.29) is 5.60 Å². The molecule has 1 aliphatic carbocycles. The zero-order valence-corrected chi connectivity index (χ0v) is 12.7. The van der Waals surface area contributed by atoms with Crippen molar-refractivity contribution in [3.63, 3.8) is 0 Å². The van der Waals surface area contributed by atoms with E-state index in [1.807, 2.05) is 0 Å². The highest BCUT2D eigenvalue weighted by Gasteiger charge is 2.40. The van der Waals surface area contributed by atoms with Gasteiger partial charge < -0.3 is 15.0 Å². The summed E-state index contributed by atoms with van der Waals surface area (Å²) in [6.45, 7) is 3.07. The molecule has 4 heteroatoms. The standard InChI is InChI=1S/C16H28N2O2/c1-20-16(7-3-8-16)12-15(19)18-10-5-13(6-11-18)14-4-2-9-17-14/h13-14,17H,2-12H2,1H3. The second kappa shape index (κ2) is 6.02. The highest BCUT2D eigenvalue weighted by atomic mass is 16.5. The zero-order valence-electron chi connectivity index (χ0n) is 12.7. The second-order valence-electron chi connectivity index (χ2n) is 6.84. The minimum absolute atomic E-state index is 0.124. The molecule has 1 atom stereocenters. The summed E-state index contributed by atoms with van der Waals surface area (Å²) in [7, 11) is 1.75. The number of nitrogens with one attached hydrogen (secondary N) is 1. The van der Waals surface area contributed by atoms with Crippen LogP contribution in [0.15, 0.2) is 0 Å². The summed E-state index contributed by atoms with van der Waals surface area (Å²) >= 11 is 0. The molecule has 1 saturated carbocycles. The average molecular weight is 280 g/mol. The maximum Gasteiger partial charge on any atom is 0.225 e. The lowest BCUT2D eigenvalue weighted by Crippen LogP contribution is -2.48. The van der Waals surface area contributed by atoms with Crippen LogP contribution in [0, 0.1) is 5.92 Å². The van der Waals surface area contributed by atoms with Crippen molar-refractivity contribution in [2.45, 2.75) is 63.0 Å². The summed E-state index contributed by atoms with van der Waals surface area (Å²) in [6.07, 6.45) is 8.89. The Morgan fingerprint density at radius 1 is 1.25 bits per heavy atom. The van der Waals surface area contributed by atoms with E-state index in [0.717, 1.165) is 31.8 Å². The monoisotopic (exact) mass is 280 g/mol. The highest BCUT2D eigenvalue weighted by molar-refractivity contribution is 5.77. The molecule has 20 heavy (non-hydrogen) atoms. The molecule has 3 fully saturated rings. The lowest BCUT2D eigenvalue weighted by atomic mass is 9.77. The highest BCUT2D eigenvalue weighted by Crippen LogP contribution is 2.38. The Hall–Kier alpha value is -0.610. The first-order chi connectivity index (χ1) is 9.72. The van der Waals surface area contributed by atoms with Gasteiger partial charge in [0, 0.05) is 26.2 Å². The van der Waals surface area contributed by atoms with Gasteiger partial charge >= 0.3 is 0 Å². The molecule has 2 heterocycles. The van der Waals surface area contributed by atoms with Crippen molar-refractivity contribution >= 4 is 5.91 Å². The van der Waals surface area contributed by atoms with Crippen LogP contribution < -0.4 is 5.32 Å². The number of amides is 1. The van der Waals surface area contributed by atoms with Crippen LogP contribution in [0.3, 0.4) is 0 Å². The van der Waals surface area contributed by atoms with Crippen LogP contribution in [0.25, 0.3) is 0 Å². The smallest absolute Gasteiger partial charge is 0.225 e. The Morgan fingerprint density at radius 3 is 2.50 bits per heavy atom. The van der Waals surface area contributed by atoms with E-state index in [2.05, 4.69) is 10.2 Å². The van der Waals surface area contributed by atoms with Gasteiger partial charge in [0.1, 0.15) is 0 Å². The topological polar surface area (TPSA) is 41.6 Å². The molecule has 3 rings (SSSR count). The maximum absolute atomic E-state index is 12.4. The number of carbonyl (C=O) groups is 1. The van der Waals surface area contributed by atoms with Crippen molar-refractivity contribution in [3.05, 3.63) is 0 Å². The Morgan fingerprint density at radius 2 is 2.00 bits per heavy atom. The van der Waals surface area contributed by atoms with E-state index < -0.39 is 0 Å². The first-order valence-electron chi connectivity index (χ1n) is 8.29. The third kappa shape index (κ3) is 2.86. The van der Waals surface area contributed by atoms with E-state index in [4.69, 9.17) is 4.74 Å². The third-order valence-corrected chi connectivity index (χ3v) is 5.73. The molecule has 3 aliphatic rings. The molecule has 0 aromatic heterocycles. The molecule has 114 valence electrons.